The summed E-state index contributed by atoms with van der Waals surface area (Å²) < 4.78 is 7.57. The lowest BCUT2D eigenvalue weighted by Crippen LogP contribution is -2.48. The molecule has 0 N–H and O–H groups in total. The highest BCUT2D eigenvalue weighted by atomic mass is 16.3. The Labute approximate surface area is 206 Å². The number of aromatic nitrogens is 4. The van der Waals surface area contributed by atoms with Gasteiger partial charge in [0, 0.05) is 57.9 Å². The minimum absolute atomic E-state index is 0.0627. The Balaban J connectivity index is 1.16. The zero-order valence-corrected chi connectivity index (χ0v) is 20.8. The lowest BCUT2D eigenvalue weighted by atomic mass is 9.94. The van der Waals surface area contributed by atoms with Crippen molar-refractivity contribution in [2.24, 2.45) is 0 Å². The quantitative estimate of drug-likeness (QED) is 0.480. The first-order valence-corrected chi connectivity index (χ1v) is 12.2. The normalized spacial score (nSPS) is 17.8. The van der Waals surface area contributed by atoms with Gasteiger partial charge in [-0.05, 0) is 38.8 Å². The Morgan fingerprint density at radius 2 is 1.94 bits per heavy atom. The van der Waals surface area contributed by atoms with E-state index in [9.17, 15) is 4.79 Å². The van der Waals surface area contributed by atoms with Crippen molar-refractivity contribution in [3.63, 3.8) is 0 Å². The Morgan fingerprint density at radius 1 is 1.14 bits per heavy atom. The van der Waals surface area contributed by atoms with Crippen LogP contribution in [-0.4, -0.2) is 106 Å². The maximum atomic E-state index is 13.0. The highest BCUT2D eigenvalue weighted by Crippen LogP contribution is 2.31. The number of rotatable bonds is 8. The number of likely N-dealkylation sites (N-methyl/N-ethyl adjacent to an activating group) is 1. The van der Waals surface area contributed by atoms with Crippen LogP contribution < -0.4 is 0 Å². The van der Waals surface area contributed by atoms with Crippen molar-refractivity contribution in [1.29, 1.82) is 0 Å². The molecule has 5 rings (SSSR count). The number of carbonyl (C=O) groups excluding carboxylic acids is 1. The third-order valence-corrected chi connectivity index (χ3v) is 6.76. The van der Waals surface area contributed by atoms with Crippen LogP contribution in [0.15, 0.2) is 41.3 Å². The summed E-state index contributed by atoms with van der Waals surface area (Å²) in [6.07, 6.45) is 3.48. The number of benzene rings is 1. The van der Waals surface area contributed by atoms with E-state index in [-0.39, 0.29) is 11.8 Å². The molecule has 0 spiro atoms. The zero-order chi connectivity index (χ0) is 24.4. The van der Waals surface area contributed by atoms with Gasteiger partial charge in [-0.2, -0.15) is 0 Å². The molecule has 186 valence electrons. The number of likely N-dealkylation sites (tertiary alicyclic amines) is 1. The van der Waals surface area contributed by atoms with Crippen molar-refractivity contribution in [2.75, 3.05) is 60.4 Å². The first-order valence-electron chi connectivity index (χ1n) is 12.2. The van der Waals surface area contributed by atoms with Crippen molar-refractivity contribution in [1.82, 2.24) is 39.6 Å². The van der Waals surface area contributed by atoms with Gasteiger partial charge in [0.25, 0.3) is 5.91 Å². The molecule has 2 aliphatic rings. The molecule has 10 nitrogen and oxygen atoms in total. The van der Waals surface area contributed by atoms with E-state index in [0.29, 0.717) is 19.6 Å². The molecule has 0 bridgehead atoms. The fraction of sp³-hybridized carbons (Fsp3) is 0.520. The number of oxazole rings is 1. The molecule has 2 fully saturated rings. The summed E-state index contributed by atoms with van der Waals surface area (Å²) in [5.74, 6) is 1.05. The van der Waals surface area contributed by atoms with E-state index in [2.05, 4.69) is 43.1 Å². The largest absolute Gasteiger partial charge is 0.448 e. The molecule has 0 saturated carbocycles. The standard InChI is InChI=1S/C25H34N8O2/c1-29(2)12-19-5-4-6-20(11-19)25(34)32-13-21(14-32)24-23(26-18-35-24)17-33-16-22(27-28-33)15-31-9-7-30(3)8-10-31/h4-6,11,16,18,21H,7-10,12-15,17H2,1-3H3. The Bertz CT molecular complexity index is 1140. The van der Waals surface area contributed by atoms with E-state index in [1.807, 2.05) is 48.1 Å². The van der Waals surface area contributed by atoms with E-state index in [4.69, 9.17) is 4.42 Å². The predicted molar refractivity (Wildman–Crippen MR) is 131 cm³/mol. The molecular weight excluding hydrogens is 444 g/mol. The Hall–Kier alpha value is -3.08. The van der Waals surface area contributed by atoms with Gasteiger partial charge in [0.1, 0.15) is 11.5 Å². The van der Waals surface area contributed by atoms with Gasteiger partial charge in [-0.1, -0.05) is 17.3 Å². The lowest BCUT2D eigenvalue weighted by molar-refractivity contribution is 0.0580. The number of amides is 1. The summed E-state index contributed by atoms with van der Waals surface area (Å²) in [6, 6.07) is 7.88. The second kappa shape index (κ2) is 10.3. The van der Waals surface area contributed by atoms with Gasteiger partial charge in [0.15, 0.2) is 6.39 Å². The van der Waals surface area contributed by atoms with Crippen LogP contribution in [0.4, 0.5) is 0 Å². The van der Waals surface area contributed by atoms with Crippen molar-refractivity contribution in [2.45, 2.75) is 25.6 Å². The van der Waals surface area contributed by atoms with Crippen LogP contribution in [0.25, 0.3) is 0 Å². The number of piperazine rings is 1. The summed E-state index contributed by atoms with van der Waals surface area (Å²) in [4.78, 5) is 26.1. The molecule has 10 heteroatoms. The second-order valence-electron chi connectivity index (χ2n) is 10.00. The molecule has 0 radical (unpaired) electrons. The second-order valence-corrected chi connectivity index (χ2v) is 10.00. The van der Waals surface area contributed by atoms with Gasteiger partial charge in [-0.3, -0.25) is 9.69 Å². The van der Waals surface area contributed by atoms with Crippen molar-refractivity contribution in [3.05, 3.63) is 65.1 Å². The third-order valence-electron chi connectivity index (χ3n) is 6.76. The fourth-order valence-electron chi connectivity index (χ4n) is 4.77. The first-order chi connectivity index (χ1) is 16.9. The first kappa shape index (κ1) is 23.7. The fourth-order valence-corrected chi connectivity index (χ4v) is 4.77. The molecule has 0 atom stereocenters. The predicted octanol–water partition coefficient (Wildman–Crippen LogP) is 1.36. The highest BCUT2D eigenvalue weighted by molar-refractivity contribution is 5.95. The van der Waals surface area contributed by atoms with E-state index in [1.54, 1.807) is 0 Å². The van der Waals surface area contributed by atoms with E-state index >= 15 is 0 Å². The van der Waals surface area contributed by atoms with Gasteiger partial charge < -0.3 is 19.1 Å². The summed E-state index contributed by atoms with van der Waals surface area (Å²) in [7, 11) is 6.21. The van der Waals surface area contributed by atoms with Crippen molar-refractivity contribution >= 4 is 5.91 Å². The molecule has 1 amide bonds. The number of nitrogens with zero attached hydrogens (tertiary/aromatic N) is 8. The molecule has 35 heavy (non-hydrogen) atoms. The van der Waals surface area contributed by atoms with Gasteiger partial charge in [0.05, 0.1) is 24.4 Å². The molecule has 1 aromatic carbocycles. The summed E-state index contributed by atoms with van der Waals surface area (Å²) >= 11 is 0. The van der Waals surface area contributed by atoms with E-state index in [0.717, 1.165) is 67.5 Å². The molecule has 0 aliphatic carbocycles. The topological polar surface area (TPSA) is 86.8 Å². The van der Waals surface area contributed by atoms with Crippen molar-refractivity contribution in [3.8, 4) is 0 Å². The van der Waals surface area contributed by atoms with Gasteiger partial charge in [0.2, 0.25) is 0 Å². The van der Waals surface area contributed by atoms with Crippen LogP contribution in [0, 0.1) is 0 Å². The molecule has 2 saturated heterocycles. The van der Waals surface area contributed by atoms with Crippen LogP contribution in [0.1, 0.15) is 39.0 Å². The molecule has 2 aromatic heterocycles. The summed E-state index contributed by atoms with van der Waals surface area (Å²) in [5, 5.41) is 8.66. The molecule has 4 heterocycles. The van der Waals surface area contributed by atoms with Crippen molar-refractivity contribution < 1.29 is 9.21 Å². The summed E-state index contributed by atoms with van der Waals surface area (Å²) in [5.41, 5.74) is 3.69. The number of hydrogen-bond acceptors (Lipinski definition) is 8. The lowest BCUT2D eigenvalue weighted by Gasteiger charge is -2.38. The highest BCUT2D eigenvalue weighted by Gasteiger charge is 2.36. The SMILES string of the molecule is CN(C)Cc1cccc(C(=O)N2CC(c3ocnc3Cn3cc(CN4CCN(C)CC4)nn3)C2)c1. The van der Waals surface area contributed by atoms with E-state index < -0.39 is 0 Å². The minimum Gasteiger partial charge on any atom is -0.448 e. The number of hydrogen-bond donors (Lipinski definition) is 0. The summed E-state index contributed by atoms with van der Waals surface area (Å²) in [6.45, 7) is 7.66. The van der Waals surface area contributed by atoms with Crippen LogP contribution in [0.3, 0.4) is 0 Å². The van der Waals surface area contributed by atoms with Crippen LogP contribution in [0.2, 0.25) is 0 Å². The third kappa shape index (κ3) is 5.61. The van der Waals surface area contributed by atoms with Gasteiger partial charge >= 0.3 is 0 Å². The smallest absolute Gasteiger partial charge is 0.253 e. The minimum atomic E-state index is 0.0627. The van der Waals surface area contributed by atoms with Crippen LogP contribution >= 0.6 is 0 Å². The average Bonchev–Trinajstić information content (AvgIpc) is 3.44. The monoisotopic (exact) mass is 478 g/mol. The Morgan fingerprint density at radius 3 is 2.71 bits per heavy atom. The maximum absolute atomic E-state index is 13.0. The molecular formula is C25H34N8O2. The van der Waals surface area contributed by atoms with E-state index in [1.165, 1.54) is 6.39 Å². The zero-order valence-electron chi connectivity index (χ0n) is 20.8. The van der Waals surface area contributed by atoms with Crippen LogP contribution in [-0.2, 0) is 19.6 Å². The van der Waals surface area contributed by atoms with Gasteiger partial charge in [-0.25, -0.2) is 9.67 Å². The maximum Gasteiger partial charge on any atom is 0.253 e. The molecule has 0 unspecified atom stereocenters. The Kier molecular flexibility index (Phi) is 6.94. The van der Waals surface area contributed by atoms with Crippen LogP contribution in [0.5, 0.6) is 0 Å². The molecule has 2 aliphatic heterocycles. The van der Waals surface area contributed by atoms with Gasteiger partial charge in [-0.15, -0.1) is 5.10 Å². The number of carbonyl (C=O) groups is 1. The molecule has 3 aromatic rings. The average molecular weight is 479 g/mol.